The second kappa shape index (κ2) is 6.46. The molecular weight excluding hydrogens is 320 g/mol. The lowest BCUT2D eigenvalue weighted by molar-refractivity contribution is 0.504. The van der Waals surface area contributed by atoms with Gasteiger partial charge < -0.3 is 4.98 Å². The van der Waals surface area contributed by atoms with E-state index in [0.717, 1.165) is 17.3 Å². The van der Waals surface area contributed by atoms with Crippen LogP contribution in [0.15, 0.2) is 49.1 Å². The lowest BCUT2D eigenvalue weighted by Crippen LogP contribution is -2.11. The third-order valence-corrected chi connectivity index (χ3v) is 4.13. The minimum absolute atomic E-state index is 0.0409. The van der Waals surface area contributed by atoms with Crippen molar-refractivity contribution >= 4 is 11.6 Å². The first-order valence-electron chi connectivity index (χ1n) is 7.11. The maximum atomic E-state index is 13.7. The highest BCUT2D eigenvalue weighted by Gasteiger charge is 2.25. The van der Waals surface area contributed by atoms with E-state index in [0.29, 0.717) is 10.7 Å². The molecule has 0 aliphatic carbocycles. The summed E-state index contributed by atoms with van der Waals surface area (Å²) in [5, 5.41) is 0.354. The quantitative estimate of drug-likeness (QED) is 0.705. The number of pyridine rings is 1. The van der Waals surface area contributed by atoms with Gasteiger partial charge in [0.05, 0.1) is 6.33 Å². The molecule has 0 aliphatic rings. The van der Waals surface area contributed by atoms with Crippen LogP contribution in [0.25, 0.3) is 0 Å². The molecule has 3 rings (SSSR count). The highest BCUT2D eigenvalue weighted by Crippen LogP contribution is 2.38. The van der Waals surface area contributed by atoms with Crippen LogP contribution in [0.5, 0.6) is 0 Å². The molecule has 2 aromatic heterocycles. The molecule has 23 heavy (non-hydrogen) atoms. The largest absolute Gasteiger partial charge is 0.348 e. The van der Waals surface area contributed by atoms with Gasteiger partial charge in [-0.1, -0.05) is 24.6 Å². The van der Waals surface area contributed by atoms with Crippen molar-refractivity contribution in [2.24, 2.45) is 0 Å². The topological polar surface area (TPSA) is 41.6 Å². The summed E-state index contributed by atoms with van der Waals surface area (Å²) in [7, 11) is 0. The number of nitrogens with zero attached hydrogens (tertiary/aromatic N) is 2. The Kier molecular flexibility index (Phi) is 4.39. The van der Waals surface area contributed by atoms with Crippen LogP contribution in [0.1, 0.15) is 35.6 Å². The molecular formula is C17H14ClF2N3. The highest BCUT2D eigenvalue weighted by atomic mass is 35.5. The van der Waals surface area contributed by atoms with E-state index < -0.39 is 11.6 Å². The van der Waals surface area contributed by atoms with Crippen molar-refractivity contribution in [1.82, 2.24) is 15.0 Å². The first kappa shape index (κ1) is 15.6. The molecule has 0 spiro atoms. The lowest BCUT2D eigenvalue weighted by atomic mass is 9.80. The number of halogens is 3. The summed E-state index contributed by atoms with van der Waals surface area (Å²) in [6.45, 7) is 1.99. The van der Waals surface area contributed by atoms with E-state index in [4.69, 9.17) is 11.6 Å². The van der Waals surface area contributed by atoms with E-state index in [2.05, 4.69) is 15.0 Å². The van der Waals surface area contributed by atoms with Crippen LogP contribution in [0.3, 0.4) is 0 Å². The Hall–Kier alpha value is -2.27. The highest BCUT2D eigenvalue weighted by molar-refractivity contribution is 6.29. The Morgan fingerprint density at radius 3 is 2.52 bits per heavy atom. The molecule has 3 nitrogen and oxygen atoms in total. The van der Waals surface area contributed by atoms with Gasteiger partial charge in [0.15, 0.2) is 11.6 Å². The predicted octanol–water partition coefficient (Wildman–Crippen LogP) is 4.67. The fraction of sp³-hybridized carbons (Fsp3) is 0.176. The maximum absolute atomic E-state index is 13.7. The number of imidazole rings is 1. The monoisotopic (exact) mass is 333 g/mol. The fourth-order valence-corrected chi connectivity index (χ4v) is 2.96. The van der Waals surface area contributed by atoms with E-state index in [9.17, 15) is 8.78 Å². The standard InChI is InChI=1S/C17H14ClF2N3/c1-10(15-8-21-9-23-15)17(12-4-5-22-16(18)7-12)11-2-3-13(19)14(20)6-11/h2-10,17H,1H3,(H,21,23). The molecule has 2 unspecified atom stereocenters. The van der Waals surface area contributed by atoms with Gasteiger partial charge in [0.1, 0.15) is 5.15 Å². The number of aromatic amines is 1. The van der Waals surface area contributed by atoms with Gasteiger partial charge in [0.25, 0.3) is 0 Å². The third kappa shape index (κ3) is 3.24. The van der Waals surface area contributed by atoms with E-state index in [1.54, 1.807) is 30.9 Å². The maximum Gasteiger partial charge on any atom is 0.159 e. The zero-order chi connectivity index (χ0) is 16.4. The van der Waals surface area contributed by atoms with Crippen molar-refractivity contribution in [2.75, 3.05) is 0 Å². The van der Waals surface area contributed by atoms with Crippen LogP contribution < -0.4 is 0 Å². The Morgan fingerprint density at radius 2 is 1.87 bits per heavy atom. The van der Waals surface area contributed by atoms with Crippen molar-refractivity contribution in [1.29, 1.82) is 0 Å². The molecule has 2 atom stereocenters. The summed E-state index contributed by atoms with van der Waals surface area (Å²) in [4.78, 5) is 11.1. The first-order valence-corrected chi connectivity index (χ1v) is 7.48. The molecule has 0 aliphatic heterocycles. The van der Waals surface area contributed by atoms with Gasteiger partial charge in [0, 0.05) is 29.9 Å². The van der Waals surface area contributed by atoms with Gasteiger partial charge in [-0.3, -0.25) is 0 Å². The normalized spacial score (nSPS) is 13.7. The molecule has 0 bridgehead atoms. The van der Waals surface area contributed by atoms with Crippen molar-refractivity contribution in [2.45, 2.75) is 18.8 Å². The number of nitrogens with one attached hydrogen (secondary N) is 1. The lowest BCUT2D eigenvalue weighted by Gasteiger charge is -2.24. The molecule has 118 valence electrons. The average Bonchev–Trinajstić information content (AvgIpc) is 3.05. The Labute approximate surface area is 137 Å². The van der Waals surface area contributed by atoms with Gasteiger partial charge in [-0.2, -0.15) is 0 Å². The van der Waals surface area contributed by atoms with Gasteiger partial charge in [-0.05, 0) is 35.4 Å². The number of rotatable bonds is 4. The van der Waals surface area contributed by atoms with Gasteiger partial charge in [-0.15, -0.1) is 0 Å². The Morgan fingerprint density at radius 1 is 1.09 bits per heavy atom. The molecule has 6 heteroatoms. The van der Waals surface area contributed by atoms with Crippen LogP contribution in [-0.4, -0.2) is 15.0 Å². The minimum Gasteiger partial charge on any atom is -0.348 e. The SMILES string of the molecule is CC(c1cnc[nH]1)C(c1ccnc(Cl)c1)c1ccc(F)c(F)c1. The van der Waals surface area contributed by atoms with Crippen LogP contribution in [0.4, 0.5) is 8.78 Å². The van der Waals surface area contributed by atoms with E-state index in [1.807, 2.05) is 13.0 Å². The molecule has 0 saturated carbocycles. The summed E-state index contributed by atoms with van der Waals surface area (Å²) in [6.07, 6.45) is 4.91. The van der Waals surface area contributed by atoms with Crippen LogP contribution in [0, 0.1) is 11.6 Å². The molecule has 0 saturated heterocycles. The van der Waals surface area contributed by atoms with Crippen LogP contribution in [0.2, 0.25) is 5.15 Å². The van der Waals surface area contributed by atoms with Crippen molar-refractivity contribution in [3.8, 4) is 0 Å². The van der Waals surface area contributed by atoms with Gasteiger partial charge in [0.2, 0.25) is 0 Å². The molecule has 1 aromatic carbocycles. The summed E-state index contributed by atoms with van der Waals surface area (Å²) in [6, 6.07) is 7.51. The van der Waals surface area contributed by atoms with Crippen molar-refractivity contribution in [3.63, 3.8) is 0 Å². The third-order valence-electron chi connectivity index (χ3n) is 3.92. The van der Waals surface area contributed by atoms with Crippen molar-refractivity contribution in [3.05, 3.63) is 82.7 Å². The van der Waals surface area contributed by atoms with E-state index >= 15 is 0 Å². The van der Waals surface area contributed by atoms with Gasteiger partial charge in [-0.25, -0.2) is 18.7 Å². The summed E-state index contributed by atoms with van der Waals surface area (Å²) in [5.41, 5.74) is 2.43. The molecule has 0 amide bonds. The van der Waals surface area contributed by atoms with Crippen LogP contribution in [-0.2, 0) is 0 Å². The number of aromatic nitrogens is 3. The minimum atomic E-state index is -0.871. The van der Waals surface area contributed by atoms with Crippen molar-refractivity contribution < 1.29 is 8.78 Å². The predicted molar refractivity (Wildman–Crippen MR) is 84.5 cm³/mol. The summed E-state index contributed by atoms with van der Waals surface area (Å²) >= 11 is 6.00. The molecule has 3 aromatic rings. The molecule has 0 fully saturated rings. The second-order valence-corrected chi connectivity index (χ2v) is 5.75. The molecule has 2 heterocycles. The zero-order valence-corrected chi connectivity index (χ0v) is 13.1. The second-order valence-electron chi connectivity index (χ2n) is 5.36. The Balaban J connectivity index is 2.11. The van der Waals surface area contributed by atoms with Crippen LogP contribution >= 0.6 is 11.6 Å². The van der Waals surface area contributed by atoms with Gasteiger partial charge >= 0.3 is 0 Å². The molecule has 0 radical (unpaired) electrons. The smallest absolute Gasteiger partial charge is 0.159 e. The fourth-order valence-electron chi connectivity index (χ4n) is 2.78. The number of hydrogen-bond acceptors (Lipinski definition) is 2. The first-order chi connectivity index (χ1) is 11.1. The van der Waals surface area contributed by atoms with E-state index in [1.165, 1.54) is 6.07 Å². The zero-order valence-electron chi connectivity index (χ0n) is 12.3. The summed E-state index contributed by atoms with van der Waals surface area (Å²) < 4.78 is 27.0. The number of hydrogen-bond donors (Lipinski definition) is 1. The Bertz CT molecular complexity index is 805. The summed E-state index contributed by atoms with van der Waals surface area (Å²) in [5.74, 6) is -1.99. The average molecular weight is 334 g/mol. The number of H-pyrrole nitrogens is 1. The van der Waals surface area contributed by atoms with E-state index in [-0.39, 0.29) is 11.8 Å². The number of benzene rings is 1. The molecule has 1 N–H and O–H groups in total.